The van der Waals surface area contributed by atoms with Crippen LogP contribution in [0.2, 0.25) is 0 Å². The molecule has 5 heteroatoms. The molecule has 3 rings (SSSR count). The molecule has 0 aliphatic rings. The highest BCUT2D eigenvalue weighted by molar-refractivity contribution is 5.83. The number of benzene rings is 2. The molecular formula is C20H18O5. The number of esters is 1. The summed E-state index contributed by atoms with van der Waals surface area (Å²) in [5.41, 5.74) is 1.28. The van der Waals surface area contributed by atoms with Crippen molar-refractivity contribution < 1.29 is 18.7 Å². The van der Waals surface area contributed by atoms with Crippen molar-refractivity contribution in [1.82, 2.24) is 0 Å². The van der Waals surface area contributed by atoms with Crippen LogP contribution in [0.3, 0.4) is 0 Å². The smallest absolute Gasteiger partial charge is 0.347 e. The number of fused-ring (bicyclic) bond motifs is 1. The molecule has 0 unspecified atom stereocenters. The molecule has 25 heavy (non-hydrogen) atoms. The van der Waals surface area contributed by atoms with Crippen LogP contribution in [0.25, 0.3) is 22.1 Å². The lowest BCUT2D eigenvalue weighted by atomic mass is 10.1. The van der Waals surface area contributed by atoms with E-state index in [0.717, 1.165) is 10.9 Å². The summed E-state index contributed by atoms with van der Waals surface area (Å²) >= 11 is 0. The van der Waals surface area contributed by atoms with Crippen molar-refractivity contribution in [2.75, 3.05) is 6.61 Å². The Kier molecular flexibility index (Phi) is 4.84. The molecule has 128 valence electrons. The number of hydrogen-bond donors (Lipinski definition) is 0. The summed E-state index contributed by atoms with van der Waals surface area (Å²) in [7, 11) is 0. The first-order valence-electron chi connectivity index (χ1n) is 8.05. The second-order valence-corrected chi connectivity index (χ2v) is 5.53. The highest BCUT2D eigenvalue weighted by Gasteiger charge is 2.16. The van der Waals surface area contributed by atoms with E-state index in [4.69, 9.17) is 13.9 Å². The van der Waals surface area contributed by atoms with Crippen LogP contribution in [0.1, 0.15) is 13.8 Å². The molecule has 0 N–H and O–H groups in total. The summed E-state index contributed by atoms with van der Waals surface area (Å²) in [4.78, 5) is 23.9. The zero-order chi connectivity index (χ0) is 17.8. The Labute approximate surface area is 144 Å². The van der Waals surface area contributed by atoms with E-state index in [2.05, 4.69) is 0 Å². The standard InChI is InChI=1S/C20H18O5/c1-3-23-19(21)13(2)24-16-10-9-15-11-17(14-7-5-4-6-8-14)20(22)25-18(15)12-16/h4-13H,3H2,1-2H3/t13-/m1/s1. The number of carbonyl (C=O) groups is 1. The zero-order valence-electron chi connectivity index (χ0n) is 14.0. The minimum Gasteiger partial charge on any atom is -0.479 e. The minimum atomic E-state index is -0.743. The van der Waals surface area contributed by atoms with Gasteiger partial charge in [-0.1, -0.05) is 30.3 Å². The van der Waals surface area contributed by atoms with Crippen LogP contribution in [-0.2, 0) is 9.53 Å². The average molecular weight is 338 g/mol. The topological polar surface area (TPSA) is 65.7 Å². The molecule has 1 heterocycles. The fourth-order valence-corrected chi connectivity index (χ4v) is 2.50. The molecule has 2 aromatic carbocycles. The molecule has 0 radical (unpaired) electrons. The first-order valence-corrected chi connectivity index (χ1v) is 8.05. The Morgan fingerprint density at radius 2 is 1.88 bits per heavy atom. The first-order chi connectivity index (χ1) is 12.1. The van der Waals surface area contributed by atoms with E-state index in [0.29, 0.717) is 23.5 Å². The van der Waals surface area contributed by atoms with Gasteiger partial charge in [-0.2, -0.15) is 0 Å². The lowest BCUT2D eigenvalue weighted by molar-refractivity contribution is -0.150. The zero-order valence-corrected chi connectivity index (χ0v) is 14.0. The highest BCUT2D eigenvalue weighted by atomic mass is 16.6. The molecule has 0 saturated heterocycles. The molecule has 0 saturated carbocycles. The van der Waals surface area contributed by atoms with E-state index in [1.807, 2.05) is 30.3 Å². The van der Waals surface area contributed by atoms with Gasteiger partial charge in [-0.25, -0.2) is 9.59 Å². The SMILES string of the molecule is CCOC(=O)[C@@H](C)Oc1ccc2cc(-c3ccccc3)c(=O)oc2c1. The van der Waals surface area contributed by atoms with E-state index in [1.54, 1.807) is 38.1 Å². The monoisotopic (exact) mass is 338 g/mol. The molecule has 5 nitrogen and oxygen atoms in total. The normalized spacial score (nSPS) is 11.9. The third-order valence-electron chi connectivity index (χ3n) is 3.72. The van der Waals surface area contributed by atoms with E-state index in [1.165, 1.54) is 0 Å². The highest BCUT2D eigenvalue weighted by Crippen LogP contribution is 2.25. The Hall–Kier alpha value is -3.08. The lowest BCUT2D eigenvalue weighted by Gasteiger charge is -2.13. The van der Waals surface area contributed by atoms with Crippen molar-refractivity contribution in [3.63, 3.8) is 0 Å². The van der Waals surface area contributed by atoms with Crippen LogP contribution in [0.5, 0.6) is 5.75 Å². The molecule has 1 atom stereocenters. The van der Waals surface area contributed by atoms with Crippen LogP contribution in [0, 0.1) is 0 Å². The van der Waals surface area contributed by atoms with Crippen molar-refractivity contribution in [3.05, 3.63) is 65.0 Å². The van der Waals surface area contributed by atoms with Gasteiger partial charge in [0, 0.05) is 11.5 Å². The molecule has 0 amide bonds. The Morgan fingerprint density at radius 1 is 1.12 bits per heavy atom. The third kappa shape index (κ3) is 3.71. The summed E-state index contributed by atoms with van der Waals surface area (Å²) in [6.07, 6.45) is -0.743. The van der Waals surface area contributed by atoms with Gasteiger partial charge in [0.2, 0.25) is 0 Å². The van der Waals surface area contributed by atoms with Crippen molar-refractivity contribution >= 4 is 16.9 Å². The molecular weight excluding hydrogens is 320 g/mol. The second kappa shape index (κ2) is 7.21. The Balaban J connectivity index is 1.92. The molecule has 1 aromatic heterocycles. The molecule has 0 aliphatic heterocycles. The number of rotatable bonds is 5. The van der Waals surface area contributed by atoms with Gasteiger partial charge in [0.05, 0.1) is 12.2 Å². The Bertz CT molecular complexity index is 943. The first kappa shape index (κ1) is 16.8. The molecule has 0 bridgehead atoms. The number of ether oxygens (including phenoxy) is 2. The minimum absolute atomic E-state index is 0.293. The fourth-order valence-electron chi connectivity index (χ4n) is 2.50. The maximum atomic E-state index is 12.3. The average Bonchev–Trinajstić information content (AvgIpc) is 2.62. The van der Waals surface area contributed by atoms with Gasteiger partial charge in [-0.15, -0.1) is 0 Å². The van der Waals surface area contributed by atoms with Crippen LogP contribution >= 0.6 is 0 Å². The van der Waals surface area contributed by atoms with Crippen LogP contribution in [0.15, 0.2) is 63.8 Å². The van der Waals surface area contributed by atoms with Gasteiger partial charge >= 0.3 is 11.6 Å². The van der Waals surface area contributed by atoms with Crippen LogP contribution < -0.4 is 10.4 Å². The summed E-state index contributed by atoms with van der Waals surface area (Å²) in [5, 5.41) is 0.773. The van der Waals surface area contributed by atoms with Gasteiger partial charge in [0.15, 0.2) is 6.10 Å². The quantitative estimate of drug-likeness (QED) is 0.523. The molecule has 0 aliphatic carbocycles. The number of hydrogen-bond acceptors (Lipinski definition) is 5. The van der Waals surface area contributed by atoms with Crippen LogP contribution in [0.4, 0.5) is 0 Å². The van der Waals surface area contributed by atoms with Crippen molar-refractivity contribution in [1.29, 1.82) is 0 Å². The van der Waals surface area contributed by atoms with Gasteiger partial charge in [0.1, 0.15) is 11.3 Å². The van der Waals surface area contributed by atoms with E-state index >= 15 is 0 Å². The summed E-state index contributed by atoms with van der Waals surface area (Å²) in [6.45, 7) is 3.64. The second-order valence-electron chi connectivity index (χ2n) is 5.53. The van der Waals surface area contributed by atoms with E-state index in [-0.39, 0.29) is 0 Å². The maximum Gasteiger partial charge on any atom is 0.347 e. The van der Waals surface area contributed by atoms with Crippen molar-refractivity contribution in [2.24, 2.45) is 0 Å². The van der Waals surface area contributed by atoms with Crippen LogP contribution in [-0.4, -0.2) is 18.7 Å². The van der Waals surface area contributed by atoms with Gasteiger partial charge in [-0.3, -0.25) is 0 Å². The summed E-state index contributed by atoms with van der Waals surface area (Å²) < 4.78 is 15.9. The van der Waals surface area contributed by atoms with Gasteiger partial charge in [0.25, 0.3) is 0 Å². The number of carbonyl (C=O) groups excluding carboxylic acids is 1. The van der Waals surface area contributed by atoms with E-state index in [9.17, 15) is 9.59 Å². The van der Waals surface area contributed by atoms with E-state index < -0.39 is 17.7 Å². The molecule has 3 aromatic rings. The van der Waals surface area contributed by atoms with Crippen molar-refractivity contribution in [3.8, 4) is 16.9 Å². The predicted molar refractivity (Wildman–Crippen MR) is 94.6 cm³/mol. The molecule has 0 fully saturated rings. The van der Waals surface area contributed by atoms with Gasteiger partial charge in [-0.05, 0) is 37.6 Å². The third-order valence-corrected chi connectivity index (χ3v) is 3.72. The summed E-state index contributed by atoms with van der Waals surface area (Å²) in [5.74, 6) is -0.00728. The van der Waals surface area contributed by atoms with Crippen molar-refractivity contribution in [2.45, 2.75) is 20.0 Å². The summed E-state index contributed by atoms with van der Waals surface area (Å²) in [6, 6.07) is 16.2. The lowest BCUT2D eigenvalue weighted by Crippen LogP contribution is -2.26. The molecule has 0 spiro atoms. The largest absolute Gasteiger partial charge is 0.479 e. The Morgan fingerprint density at radius 3 is 2.60 bits per heavy atom. The van der Waals surface area contributed by atoms with Gasteiger partial charge < -0.3 is 13.9 Å². The maximum absolute atomic E-state index is 12.3. The fraction of sp³-hybridized carbons (Fsp3) is 0.200. The predicted octanol–water partition coefficient (Wildman–Crippen LogP) is 3.79.